The minimum Gasteiger partial charge on any atom is -0.388 e. The highest BCUT2D eigenvalue weighted by Gasteiger charge is 2.32. The van der Waals surface area contributed by atoms with Crippen molar-refractivity contribution >= 4 is 12.4 Å². The monoisotopic (exact) mass is 303 g/mol. The number of hydrogen-bond acceptors (Lipinski definition) is 2. The molecule has 0 amide bonds. The van der Waals surface area contributed by atoms with Gasteiger partial charge >= 0.3 is 0 Å². The van der Waals surface area contributed by atoms with Crippen LogP contribution in [0.2, 0.25) is 0 Å². The van der Waals surface area contributed by atoms with Crippen LogP contribution >= 0.6 is 12.4 Å². The second-order valence-corrected chi connectivity index (χ2v) is 6.56. The molecule has 1 heterocycles. The van der Waals surface area contributed by atoms with E-state index in [1.165, 1.54) is 5.56 Å². The Morgan fingerprint density at radius 2 is 1.86 bits per heavy atom. The van der Waals surface area contributed by atoms with Crippen molar-refractivity contribution in [1.29, 1.82) is 0 Å². The molecule has 1 atom stereocenters. The van der Waals surface area contributed by atoms with Crippen LogP contribution in [0.5, 0.6) is 0 Å². The van der Waals surface area contributed by atoms with E-state index >= 15 is 0 Å². The first-order chi connectivity index (χ1) is 9.53. The van der Waals surface area contributed by atoms with Gasteiger partial charge in [0.25, 0.3) is 0 Å². The molecular formula is C18H22ClNO. The predicted molar refractivity (Wildman–Crippen MR) is 87.8 cm³/mol. The fourth-order valence-corrected chi connectivity index (χ4v) is 3.06. The molecule has 1 aromatic carbocycles. The maximum atomic E-state index is 10.2. The average Bonchev–Trinajstić information content (AvgIpc) is 2.38. The molecule has 1 aliphatic rings. The largest absolute Gasteiger partial charge is 0.388 e. The third kappa shape index (κ3) is 3.63. The van der Waals surface area contributed by atoms with Gasteiger partial charge in [0, 0.05) is 23.4 Å². The molecule has 0 aliphatic heterocycles. The lowest BCUT2D eigenvalue weighted by Gasteiger charge is -2.34. The second kappa shape index (κ2) is 6.17. The zero-order valence-electron chi connectivity index (χ0n) is 12.5. The zero-order chi connectivity index (χ0) is 14.2. The maximum absolute atomic E-state index is 10.2. The molecule has 0 saturated heterocycles. The van der Waals surface area contributed by atoms with Crippen LogP contribution in [0.1, 0.15) is 48.9 Å². The van der Waals surface area contributed by atoms with Gasteiger partial charge in [0.1, 0.15) is 0 Å². The fourth-order valence-electron chi connectivity index (χ4n) is 3.06. The number of nitrogens with zero attached hydrogens (tertiary/aromatic N) is 1. The first-order valence-electron chi connectivity index (χ1n) is 7.24. The van der Waals surface area contributed by atoms with Gasteiger partial charge in [0.2, 0.25) is 0 Å². The topological polar surface area (TPSA) is 33.1 Å². The van der Waals surface area contributed by atoms with Gasteiger partial charge < -0.3 is 5.11 Å². The van der Waals surface area contributed by atoms with Gasteiger partial charge in [-0.15, -0.1) is 12.4 Å². The van der Waals surface area contributed by atoms with Crippen molar-refractivity contribution in [3.8, 4) is 0 Å². The van der Waals surface area contributed by atoms with Crippen molar-refractivity contribution in [1.82, 2.24) is 4.98 Å². The summed E-state index contributed by atoms with van der Waals surface area (Å²) >= 11 is 0. The third-order valence-electron chi connectivity index (χ3n) is 4.05. The molecule has 0 saturated carbocycles. The summed E-state index contributed by atoms with van der Waals surface area (Å²) in [5.74, 6) is 0. The zero-order valence-corrected chi connectivity index (χ0v) is 13.4. The lowest BCUT2D eigenvalue weighted by Crippen LogP contribution is -2.26. The van der Waals surface area contributed by atoms with Gasteiger partial charge in [-0.2, -0.15) is 0 Å². The van der Waals surface area contributed by atoms with Crippen LogP contribution in [0.3, 0.4) is 0 Å². The summed E-state index contributed by atoms with van der Waals surface area (Å²) in [5.41, 5.74) is 4.57. The molecule has 21 heavy (non-hydrogen) atoms. The van der Waals surface area contributed by atoms with Gasteiger partial charge in [0.05, 0.1) is 6.10 Å². The molecule has 2 nitrogen and oxygen atoms in total. The predicted octanol–water partition coefficient (Wildman–Crippen LogP) is 4.10. The van der Waals surface area contributed by atoms with Crippen LogP contribution in [0.25, 0.3) is 0 Å². The Labute approximate surface area is 132 Å². The average molecular weight is 304 g/mol. The smallest absolute Gasteiger partial charge is 0.0812 e. The van der Waals surface area contributed by atoms with Crippen molar-refractivity contribution in [3.05, 3.63) is 65.0 Å². The first-order valence-corrected chi connectivity index (χ1v) is 7.24. The van der Waals surface area contributed by atoms with E-state index in [2.05, 4.69) is 44.2 Å². The SMILES string of the molecule is CC1(C)Cc2nc(Cc3ccccc3)ccc2C(O)C1.Cl. The summed E-state index contributed by atoms with van der Waals surface area (Å²) in [6.07, 6.45) is 2.25. The molecule has 1 unspecified atom stereocenters. The van der Waals surface area contributed by atoms with Gasteiger partial charge in [-0.1, -0.05) is 50.2 Å². The summed E-state index contributed by atoms with van der Waals surface area (Å²) in [6.45, 7) is 4.40. The number of aromatic nitrogens is 1. The number of fused-ring (bicyclic) bond motifs is 1. The second-order valence-electron chi connectivity index (χ2n) is 6.56. The highest BCUT2D eigenvalue weighted by molar-refractivity contribution is 5.85. The number of benzene rings is 1. The van der Waals surface area contributed by atoms with Crippen molar-refractivity contribution in [3.63, 3.8) is 0 Å². The van der Waals surface area contributed by atoms with Gasteiger partial charge in [-0.05, 0) is 29.9 Å². The van der Waals surface area contributed by atoms with E-state index in [1.807, 2.05) is 12.1 Å². The number of hydrogen-bond donors (Lipinski definition) is 1. The number of halogens is 1. The lowest BCUT2D eigenvalue weighted by molar-refractivity contribution is 0.0981. The minimum absolute atomic E-state index is 0. The van der Waals surface area contributed by atoms with Crippen LogP contribution in [-0.4, -0.2) is 10.1 Å². The van der Waals surface area contributed by atoms with Crippen LogP contribution in [0.15, 0.2) is 42.5 Å². The van der Waals surface area contributed by atoms with Gasteiger partial charge in [-0.25, -0.2) is 0 Å². The van der Waals surface area contributed by atoms with Crippen molar-refractivity contribution in [2.75, 3.05) is 0 Å². The molecule has 3 rings (SSSR count). The van der Waals surface area contributed by atoms with Crippen molar-refractivity contribution < 1.29 is 5.11 Å². The number of aliphatic hydroxyl groups excluding tert-OH is 1. The Morgan fingerprint density at radius 1 is 1.14 bits per heavy atom. The Morgan fingerprint density at radius 3 is 2.57 bits per heavy atom. The van der Waals surface area contributed by atoms with E-state index in [9.17, 15) is 5.11 Å². The molecule has 1 N–H and O–H groups in total. The molecule has 0 spiro atoms. The summed E-state index contributed by atoms with van der Waals surface area (Å²) in [4.78, 5) is 4.79. The van der Waals surface area contributed by atoms with E-state index in [4.69, 9.17) is 4.98 Å². The minimum atomic E-state index is -0.368. The van der Waals surface area contributed by atoms with Crippen LogP contribution in [0, 0.1) is 5.41 Å². The van der Waals surface area contributed by atoms with E-state index in [0.29, 0.717) is 0 Å². The molecule has 2 aromatic rings. The molecular weight excluding hydrogens is 282 g/mol. The van der Waals surface area contributed by atoms with Crippen molar-refractivity contribution in [2.45, 2.75) is 39.2 Å². The molecule has 3 heteroatoms. The molecule has 112 valence electrons. The van der Waals surface area contributed by atoms with E-state index < -0.39 is 0 Å². The molecule has 0 bridgehead atoms. The Kier molecular flexibility index (Phi) is 4.70. The van der Waals surface area contributed by atoms with E-state index in [-0.39, 0.29) is 23.9 Å². The number of aliphatic hydroxyl groups is 1. The lowest BCUT2D eigenvalue weighted by atomic mass is 9.75. The summed E-state index contributed by atoms with van der Waals surface area (Å²) < 4.78 is 0. The molecule has 1 aromatic heterocycles. The van der Waals surface area contributed by atoms with E-state index in [0.717, 1.165) is 36.2 Å². The molecule has 1 aliphatic carbocycles. The van der Waals surface area contributed by atoms with Crippen LogP contribution in [-0.2, 0) is 12.8 Å². The Balaban J connectivity index is 0.00000161. The highest BCUT2D eigenvalue weighted by atomic mass is 35.5. The van der Waals surface area contributed by atoms with Crippen molar-refractivity contribution in [2.24, 2.45) is 5.41 Å². The van der Waals surface area contributed by atoms with Gasteiger partial charge in [0.15, 0.2) is 0 Å². The van der Waals surface area contributed by atoms with Gasteiger partial charge in [-0.3, -0.25) is 4.98 Å². The molecule has 0 fully saturated rings. The third-order valence-corrected chi connectivity index (χ3v) is 4.05. The van der Waals surface area contributed by atoms with Crippen LogP contribution in [0.4, 0.5) is 0 Å². The summed E-state index contributed by atoms with van der Waals surface area (Å²) in [5, 5.41) is 10.2. The maximum Gasteiger partial charge on any atom is 0.0812 e. The normalized spacial score (nSPS) is 19.5. The quantitative estimate of drug-likeness (QED) is 0.906. The fraction of sp³-hybridized carbons (Fsp3) is 0.389. The molecule has 0 radical (unpaired) electrons. The Hall–Kier alpha value is -1.38. The highest BCUT2D eigenvalue weighted by Crippen LogP contribution is 2.39. The number of rotatable bonds is 2. The van der Waals surface area contributed by atoms with E-state index in [1.54, 1.807) is 0 Å². The first kappa shape index (κ1) is 16.0. The summed E-state index contributed by atoms with van der Waals surface area (Å²) in [7, 11) is 0. The number of pyridine rings is 1. The Bertz CT molecular complexity index is 610. The summed E-state index contributed by atoms with van der Waals surface area (Å²) in [6, 6.07) is 14.5. The standard InChI is InChI=1S/C18H21NO.ClH/c1-18(2)11-16-15(17(20)12-18)9-8-14(19-16)10-13-6-4-3-5-7-13;/h3-9,17,20H,10-12H2,1-2H3;1H. The van der Waals surface area contributed by atoms with Crippen LogP contribution < -0.4 is 0 Å².